The van der Waals surface area contributed by atoms with Gasteiger partial charge in [-0.1, -0.05) is 54.6 Å². The fourth-order valence-electron chi connectivity index (χ4n) is 3.61. The zero-order valence-electron chi connectivity index (χ0n) is 17.7. The van der Waals surface area contributed by atoms with E-state index in [1.165, 1.54) is 6.08 Å². The minimum Gasteiger partial charge on any atom is -0.463 e. The third-order valence-electron chi connectivity index (χ3n) is 4.82. The molecule has 0 saturated carbocycles. The SMILES string of the molecule is CCOC(=O)/C=C(\C(=O)OCC)[P+](c1ccccc1)(c1ccccc1)c1ccccc1. The maximum Gasteiger partial charge on any atom is 0.375 e. The van der Waals surface area contributed by atoms with Crippen molar-refractivity contribution in [3.63, 3.8) is 0 Å². The third-order valence-corrected chi connectivity index (χ3v) is 9.07. The van der Waals surface area contributed by atoms with Gasteiger partial charge in [-0.15, -0.1) is 0 Å². The first-order chi connectivity index (χ1) is 15.1. The lowest BCUT2D eigenvalue weighted by Crippen LogP contribution is -2.35. The third kappa shape index (κ3) is 4.76. The van der Waals surface area contributed by atoms with Gasteiger partial charge in [0, 0.05) is 0 Å². The molecule has 5 heteroatoms. The molecule has 3 aromatic rings. The Hall–Kier alpha value is -3.23. The van der Waals surface area contributed by atoms with E-state index in [0.29, 0.717) is 5.31 Å². The van der Waals surface area contributed by atoms with Crippen LogP contribution in [-0.2, 0) is 19.1 Å². The van der Waals surface area contributed by atoms with Crippen LogP contribution in [0, 0.1) is 0 Å². The van der Waals surface area contributed by atoms with Gasteiger partial charge in [-0.25, -0.2) is 9.59 Å². The molecule has 0 saturated heterocycles. The number of carbonyl (C=O) groups excluding carboxylic acids is 2. The Kier molecular flexibility index (Phi) is 7.75. The zero-order chi connectivity index (χ0) is 22.1. The number of ether oxygens (including phenoxy) is 2. The van der Waals surface area contributed by atoms with Gasteiger partial charge >= 0.3 is 11.9 Å². The van der Waals surface area contributed by atoms with Gasteiger partial charge in [0.15, 0.2) is 7.26 Å². The Bertz CT molecular complexity index is 934. The van der Waals surface area contributed by atoms with Crippen molar-refractivity contribution in [1.29, 1.82) is 0 Å². The molecule has 0 bridgehead atoms. The van der Waals surface area contributed by atoms with E-state index in [-0.39, 0.29) is 13.2 Å². The molecule has 0 heterocycles. The molecule has 4 nitrogen and oxygen atoms in total. The smallest absolute Gasteiger partial charge is 0.375 e. The van der Waals surface area contributed by atoms with Gasteiger partial charge in [-0.2, -0.15) is 0 Å². The second-order valence-electron chi connectivity index (χ2n) is 6.68. The largest absolute Gasteiger partial charge is 0.463 e. The first-order valence-corrected chi connectivity index (χ1v) is 12.1. The average Bonchev–Trinajstić information content (AvgIpc) is 2.81. The number of rotatable bonds is 8. The summed E-state index contributed by atoms with van der Waals surface area (Å²) < 4.78 is 10.7. The van der Waals surface area contributed by atoms with Crippen molar-refractivity contribution in [3.05, 3.63) is 102 Å². The molecule has 3 aromatic carbocycles. The number of carbonyl (C=O) groups is 2. The number of hydrogen-bond donors (Lipinski definition) is 0. The van der Waals surface area contributed by atoms with E-state index in [1.54, 1.807) is 13.8 Å². The molecule has 0 aromatic heterocycles. The highest BCUT2D eigenvalue weighted by Crippen LogP contribution is 2.62. The Labute approximate surface area is 183 Å². The summed E-state index contributed by atoms with van der Waals surface area (Å²) in [4.78, 5) is 26.0. The Morgan fingerprint density at radius 3 is 1.42 bits per heavy atom. The van der Waals surface area contributed by atoms with Crippen molar-refractivity contribution in [2.45, 2.75) is 13.8 Å². The summed E-state index contributed by atoms with van der Waals surface area (Å²) in [6.07, 6.45) is 1.32. The number of esters is 2. The van der Waals surface area contributed by atoms with Crippen LogP contribution in [0.5, 0.6) is 0 Å². The Morgan fingerprint density at radius 1 is 0.677 bits per heavy atom. The molecule has 0 unspecified atom stereocenters. The van der Waals surface area contributed by atoms with Gasteiger partial charge in [0.25, 0.3) is 0 Å². The van der Waals surface area contributed by atoms with E-state index in [1.807, 2.05) is 91.0 Å². The Balaban J connectivity index is 2.45. The molecule has 0 spiro atoms. The van der Waals surface area contributed by atoms with Gasteiger partial charge in [-0.3, -0.25) is 0 Å². The molecule has 3 rings (SSSR count). The normalized spacial score (nSPS) is 11.6. The summed E-state index contributed by atoms with van der Waals surface area (Å²) in [7, 11) is -2.74. The lowest BCUT2D eigenvalue weighted by Gasteiger charge is -2.28. The quantitative estimate of drug-likeness (QED) is 0.306. The first kappa shape index (κ1) is 22.5. The summed E-state index contributed by atoms with van der Waals surface area (Å²) in [5.74, 6) is -1.07. The molecule has 0 N–H and O–H groups in total. The lowest BCUT2D eigenvalue weighted by atomic mass is 10.3. The van der Waals surface area contributed by atoms with Crippen molar-refractivity contribution in [2.75, 3.05) is 13.2 Å². The predicted octanol–water partition coefficient (Wildman–Crippen LogP) is 3.99. The van der Waals surface area contributed by atoms with E-state index in [9.17, 15) is 9.59 Å². The van der Waals surface area contributed by atoms with Gasteiger partial charge in [0.1, 0.15) is 15.9 Å². The number of hydrogen-bond acceptors (Lipinski definition) is 4. The predicted molar refractivity (Wildman–Crippen MR) is 126 cm³/mol. The summed E-state index contributed by atoms with van der Waals surface area (Å²) in [6.45, 7) is 3.92. The molecule has 158 valence electrons. The minimum absolute atomic E-state index is 0.206. The highest BCUT2D eigenvalue weighted by Gasteiger charge is 2.53. The maximum atomic E-state index is 13.4. The van der Waals surface area contributed by atoms with Crippen molar-refractivity contribution < 1.29 is 19.1 Å². The van der Waals surface area contributed by atoms with Crippen molar-refractivity contribution in [2.24, 2.45) is 0 Å². The van der Waals surface area contributed by atoms with Crippen molar-refractivity contribution >= 4 is 35.1 Å². The summed E-state index contributed by atoms with van der Waals surface area (Å²) >= 11 is 0. The van der Waals surface area contributed by atoms with Crippen LogP contribution in [0.15, 0.2) is 102 Å². The standard InChI is InChI=1S/C26H26O4P/c1-3-29-25(27)20-24(26(28)30-4-2)31(21-14-8-5-9-15-21,22-16-10-6-11-17-22)23-18-12-7-13-19-23/h5-20H,3-4H2,1-2H3/q+1/b24-20+. The molecule has 31 heavy (non-hydrogen) atoms. The van der Waals surface area contributed by atoms with Crippen LogP contribution >= 0.6 is 7.26 Å². The molecular weight excluding hydrogens is 407 g/mol. The molecule has 0 amide bonds. The van der Waals surface area contributed by atoms with Crippen molar-refractivity contribution in [3.8, 4) is 0 Å². The molecular formula is C26H26O4P+. The van der Waals surface area contributed by atoms with E-state index in [4.69, 9.17) is 9.47 Å². The highest BCUT2D eigenvalue weighted by molar-refractivity contribution is 7.99. The minimum atomic E-state index is -2.74. The molecule has 0 aliphatic heterocycles. The fourth-order valence-corrected chi connectivity index (χ4v) is 7.84. The van der Waals surface area contributed by atoms with E-state index < -0.39 is 19.2 Å². The molecule has 0 atom stereocenters. The molecule has 0 aliphatic rings. The van der Waals surface area contributed by atoms with Crippen LogP contribution in [0.25, 0.3) is 0 Å². The summed E-state index contributed by atoms with van der Waals surface area (Å²) in [6, 6.07) is 29.5. The summed E-state index contributed by atoms with van der Waals surface area (Å²) in [5.41, 5.74) is 0. The highest BCUT2D eigenvalue weighted by atomic mass is 31.2. The maximum absolute atomic E-state index is 13.4. The van der Waals surface area contributed by atoms with Crippen LogP contribution in [0.2, 0.25) is 0 Å². The molecule has 0 aliphatic carbocycles. The van der Waals surface area contributed by atoms with Crippen LogP contribution in [0.3, 0.4) is 0 Å². The molecule has 0 fully saturated rings. The van der Waals surface area contributed by atoms with Gasteiger partial charge in [0.05, 0.1) is 19.3 Å². The number of benzene rings is 3. The van der Waals surface area contributed by atoms with E-state index >= 15 is 0 Å². The van der Waals surface area contributed by atoms with E-state index in [0.717, 1.165) is 15.9 Å². The van der Waals surface area contributed by atoms with Crippen molar-refractivity contribution in [1.82, 2.24) is 0 Å². The van der Waals surface area contributed by atoms with Crippen LogP contribution in [0.1, 0.15) is 13.8 Å². The van der Waals surface area contributed by atoms with E-state index in [2.05, 4.69) is 0 Å². The Morgan fingerprint density at radius 2 is 1.06 bits per heavy atom. The second kappa shape index (κ2) is 10.7. The van der Waals surface area contributed by atoms with Gasteiger partial charge in [0.2, 0.25) is 5.31 Å². The first-order valence-electron chi connectivity index (χ1n) is 10.3. The fraction of sp³-hybridized carbons (Fsp3) is 0.154. The molecule has 0 radical (unpaired) electrons. The van der Waals surface area contributed by atoms with Gasteiger partial charge in [-0.05, 0) is 50.2 Å². The van der Waals surface area contributed by atoms with Crippen LogP contribution in [-0.4, -0.2) is 25.2 Å². The second-order valence-corrected chi connectivity index (χ2v) is 10.1. The van der Waals surface area contributed by atoms with Crippen LogP contribution in [0.4, 0.5) is 0 Å². The monoisotopic (exact) mass is 433 g/mol. The topological polar surface area (TPSA) is 52.6 Å². The lowest BCUT2D eigenvalue weighted by molar-refractivity contribution is -0.140. The zero-order valence-corrected chi connectivity index (χ0v) is 18.6. The summed E-state index contributed by atoms with van der Waals surface area (Å²) in [5, 5.41) is 3.18. The van der Waals surface area contributed by atoms with Gasteiger partial charge < -0.3 is 9.47 Å². The average molecular weight is 433 g/mol. The van der Waals surface area contributed by atoms with Crippen LogP contribution < -0.4 is 15.9 Å².